The number of carbonyl (C=O) groups is 2. The second-order valence-electron chi connectivity index (χ2n) is 6.57. The largest absolute Gasteiger partial charge is 0.478 e. The van der Waals surface area contributed by atoms with Crippen LogP contribution in [0.15, 0.2) is 72.9 Å². The van der Waals surface area contributed by atoms with Crippen LogP contribution >= 0.6 is 0 Å². The number of aromatic amines is 1. The van der Waals surface area contributed by atoms with Crippen molar-refractivity contribution in [2.24, 2.45) is 0 Å². The summed E-state index contributed by atoms with van der Waals surface area (Å²) in [4.78, 5) is 25.4. The molecule has 0 aliphatic rings. The number of ether oxygens (including phenoxy) is 1. The molecule has 0 aliphatic carbocycles. The number of carbonyl (C=O) groups excluding carboxylic acids is 1. The van der Waals surface area contributed by atoms with Crippen LogP contribution in [0.1, 0.15) is 41.5 Å². The number of hydrogen-bond acceptors (Lipinski definition) is 4. The van der Waals surface area contributed by atoms with Gasteiger partial charge in [0.1, 0.15) is 6.61 Å². The number of aromatic carboxylic acids is 1. The first kappa shape index (κ1) is 23.7. The number of para-hydroxylation sites is 1. The van der Waals surface area contributed by atoms with Gasteiger partial charge >= 0.3 is 11.9 Å². The molecule has 3 N–H and O–H groups in total. The maximum absolute atomic E-state index is 11.5. The molecule has 0 spiro atoms. The summed E-state index contributed by atoms with van der Waals surface area (Å²) in [5.41, 5.74) is 2.24. The molecular formula is C23H27NO5. The fourth-order valence-corrected chi connectivity index (χ4v) is 2.12. The highest BCUT2D eigenvalue weighted by molar-refractivity contribution is 6.02. The number of carboxylic acid groups (broad SMARTS) is 1. The Kier molecular flexibility index (Phi) is 9.91. The highest BCUT2D eigenvalue weighted by Crippen LogP contribution is 2.10. The van der Waals surface area contributed by atoms with Crippen molar-refractivity contribution in [2.45, 2.75) is 26.9 Å². The quantitative estimate of drug-likeness (QED) is 0.439. The van der Waals surface area contributed by atoms with E-state index in [1.807, 2.05) is 32.2 Å². The lowest BCUT2D eigenvalue weighted by atomic mass is 10.1. The number of benzene rings is 2. The zero-order valence-electron chi connectivity index (χ0n) is 16.9. The Hall–Kier alpha value is -3.38. The third-order valence-electron chi connectivity index (χ3n) is 3.30. The van der Waals surface area contributed by atoms with Crippen LogP contribution in [0.2, 0.25) is 0 Å². The molecule has 1 atom stereocenters. The van der Waals surface area contributed by atoms with Crippen LogP contribution in [0.4, 0.5) is 0 Å². The minimum Gasteiger partial charge on any atom is -0.478 e. The third kappa shape index (κ3) is 8.90. The van der Waals surface area contributed by atoms with Crippen LogP contribution in [-0.4, -0.2) is 39.8 Å². The molecule has 0 saturated heterocycles. The van der Waals surface area contributed by atoms with E-state index in [9.17, 15) is 9.59 Å². The minimum absolute atomic E-state index is 0.0179. The minimum atomic E-state index is -1.19. The number of H-pyrrole nitrogens is 1. The molecule has 0 aliphatic heterocycles. The second kappa shape index (κ2) is 12.2. The maximum Gasteiger partial charge on any atom is 0.339 e. The highest BCUT2D eigenvalue weighted by atomic mass is 16.5. The zero-order valence-corrected chi connectivity index (χ0v) is 16.9. The predicted octanol–water partition coefficient (Wildman–Crippen LogP) is 4.67. The highest BCUT2D eigenvalue weighted by Gasteiger charge is 2.17. The third-order valence-corrected chi connectivity index (χ3v) is 3.30. The van der Waals surface area contributed by atoms with E-state index in [0.717, 1.165) is 0 Å². The normalized spacial score (nSPS) is 10.6. The van der Waals surface area contributed by atoms with E-state index < -0.39 is 18.0 Å². The summed E-state index contributed by atoms with van der Waals surface area (Å²) in [5.74, 6) is -1.94. The number of fused-ring (bicyclic) bond motifs is 1. The van der Waals surface area contributed by atoms with Gasteiger partial charge in [-0.05, 0) is 50.4 Å². The number of rotatable bonds is 4. The molecule has 1 unspecified atom stereocenters. The van der Waals surface area contributed by atoms with Crippen LogP contribution < -0.4 is 0 Å². The Morgan fingerprint density at radius 2 is 1.59 bits per heavy atom. The molecule has 154 valence electrons. The Bertz CT molecular complexity index is 909. The van der Waals surface area contributed by atoms with Crippen LogP contribution in [0.3, 0.4) is 0 Å². The first-order valence-electron chi connectivity index (χ1n) is 9.04. The smallest absolute Gasteiger partial charge is 0.339 e. The number of esters is 1. The number of allylic oxidation sites excluding steroid dienone is 1. The molecule has 0 saturated carbocycles. The average molecular weight is 397 g/mol. The Balaban J connectivity index is 0.000000268. The second-order valence-corrected chi connectivity index (χ2v) is 6.57. The number of carboxylic acids is 1. The van der Waals surface area contributed by atoms with Crippen LogP contribution in [0.5, 0.6) is 0 Å². The van der Waals surface area contributed by atoms with Gasteiger partial charge in [0.2, 0.25) is 0 Å². The Labute approximate surface area is 170 Å². The van der Waals surface area contributed by atoms with Gasteiger partial charge in [-0.25, -0.2) is 9.59 Å². The molecule has 1 aromatic heterocycles. The molecule has 6 nitrogen and oxygen atoms in total. The predicted molar refractivity (Wildman–Crippen MR) is 114 cm³/mol. The lowest BCUT2D eigenvalue weighted by molar-refractivity contribution is 0.0292. The molecular weight excluding hydrogens is 370 g/mol. The van der Waals surface area contributed by atoms with E-state index in [2.05, 4.69) is 29.8 Å². The van der Waals surface area contributed by atoms with Gasteiger partial charge in [-0.2, -0.15) is 0 Å². The van der Waals surface area contributed by atoms with E-state index in [0.29, 0.717) is 0 Å². The van der Waals surface area contributed by atoms with E-state index >= 15 is 0 Å². The van der Waals surface area contributed by atoms with Crippen LogP contribution in [-0.2, 0) is 4.74 Å². The van der Waals surface area contributed by atoms with E-state index in [-0.39, 0.29) is 17.7 Å². The SMILES string of the molecule is C=C(C)C.CC(O)COC(=O)c1ccccc1C(=O)O.c1ccc2[nH]ccc2c1. The van der Waals surface area contributed by atoms with Crippen molar-refractivity contribution < 1.29 is 24.5 Å². The molecule has 0 amide bonds. The fraction of sp³-hybridized carbons (Fsp3) is 0.217. The van der Waals surface area contributed by atoms with Crippen molar-refractivity contribution >= 4 is 22.8 Å². The summed E-state index contributed by atoms with van der Waals surface area (Å²) >= 11 is 0. The van der Waals surface area contributed by atoms with Gasteiger partial charge < -0.3 is 19.9 Å². The number of nitrogens with one attached hydrogen (secondary N) is 1. The topological polar surface area (TPSA) is 99.6 Å². The fourth-order valence-electron chi connectivity index (χ4n) is 2.12. The lowest BCUT2D eigenvalue weighted by Gasteiger charge is -2.08. The van der Waals surface area contributed by atoms with Gasteiger partial charge in [-0.1, -0.05) is 35.9 Å². The summed E-state index contributed by atoms with van der Waals surface area (Å²) in [6.45, 7) is 8.81. The number of aromatic nitrogens is 1. The molecule has 6 heteroatoms. The van der Waals surface area contributed by atoms with Crippen molar-refractivity contribution in [2.75, 3.05) is 6.61 Å². The van der Waals surface area contributed by atoms with E-state index in [1.165, 1.54) is 41.6 Å². The molecule has 2 aromatic carbocycles. The zero-order chi connectivity index (χ0) is 21.8. The Morgan fingerprint density at radius 1 is 1.03 bits per heavy atom. The average Bonchev–Trinajstić information content (AvgIpc) is 3.15. The standard InChI is InChI=1S/C11H12O5.C8H7N.C4H8/c1-7(12)6-16-11(15)9-5-3-2-4-8(9)10(13)14;1-2-4-8-7(3-1)5-6-9-8;1-4(2)3/h2-5,7,12H,6H2,1H3,(H,13,14);1-6,9H;1H2,2-3H3. The Morgan fingerprint density at radius 3 is 2.14 bits per heavy atom. The lowest BCUT2D eigenvalue weighted by Crippen LogP contribution is -2.17. The van der Waals surface area contributed by atoms with Crippen LogP contribution in [0, 0.1) is 0 Å². The van der Waals surface area contributed by atoms with E-state index in [1.54, 1.807) is 6.07 Å². The van der Waals surface area contributed by atoms with Crippen molar-refractivity contribution in [3.05, 3.63) is 84.1 Å². The van der Waals surface area contributed by atoms with Gasteiger partial charge in [0, 0.05) is 11.7 Å². The molecule has 0 radical (unpaired) electrons. The summed E-state index contributed by atoms with van der Waals surface area (Å²) in [5, 5.41) is 19.0. The van der Waals surface area contributed by atoms with Crippen LogP contribution in [0.25, 0.3) is 10.9 Å². The first-order chi connectivity index (χ1) is 13.7. The van der Waals surface area contributed by atoms with Gasteiger partial charge in [0.05, 0.1) is 17.2 Å². The first-order valence-corrected chi connectivity index (χ1v) is 9.04. The van der Waals surface area contributed by atoms with Crippen molar-refractivity contribution in [3.8, 4) is 0 Å². The summed E-state index contributed by atoms with van der Waals surface area (Å²) in [7, 11) is 0. The van der Waals surface area contributed by atoms with Gasteiger partial charge in [-0.15, -0.1) is 6.58 Å². The van der Waals surface area contributed by atoms with E-state index in [4.69, 9.17) is 14.9 Å². The maximum atomic E-state index is 11.5. The molecule has 29 heavy (non-hydrogen) atoms. The summed E-state index contributed by atoms with van der Waals surface area (Å²) in [6.07, 6.45) is 1.17. The molecule has 3 aromatic rings. The molecule has 0 fully saturated rings. The van der Waals surface area contributed by atoms with Crippen molar-refractivity contribution in [1.29, 1.82) is 0 Å². The number of aliphatic hydroxyl groups excluding tert-OH is 1. The number of hydrogen-bond donors (Lipinski definition) is 3. The van der Waals surface area contributed by atoms with Crippen molar-refractivity contribution in [1.82, 2.24) is 4.98 Å². The molecule has 1 heterocycles. The van der Waals surface area contributed by atoms with Gasteiger partial charge in [0.25, 0.3) is 0 Å². The van der Waals surface area contributed by atoms with Crippen molar-refractivity contribution in [3.63, 3.8) is 0 Å². The monoisotopic (exact) mass is 397 g/mol. The summed E-state index contributed by atoms with van der Waals surface area (Å²) < 4.78 is 4.73. The number of aliphatic hydroxyl groups is 1. The van der Waals surface area contributed by atoms with Gasteiger partial charge in [0.15, 0.2) is 0 Å². The molecule has 0 bridgehead atoms. The summed E-state index contributed by atoms with van der Waals surface area (Å²) in [6, 6.07) is 16.0. The van der Waals surface area contributed by atoms with Gasteiger partial charge in [-0.3, -0.25) is 0 Å². The molecule has 3 rings (SSSR count).